The zero-order chi connectivity index (χ0) is 8.27. The Balaban J connectivity index is 2.25. The first-order valence-corrected chi connectivity index (χ1v) is 3.69. The molecular weight excluding hydrogens is 144 g/mol. The van der Waals surface area contributed by atoms with Crippen molar-refractivity contribution in [3.63, 3.8) is 0 Å². The molecule has 11 heavy (non-hydrogen) atoms. The quantitative estimate of drug-likeness (QED) is 0.534. The molecule has 0 radical (unpaired) electrons. The average molecular weight is 156 g/mol. The van der Waals surface area contributed by atoms with Crippen molar-refractivity contribution in [1.82, 2.24) is 4.90 Å². The van der Waals surface area contributed by atoms with Gasteiger partial charge in [-0.25, -0.2) is 0 Å². The Morgan fingerprint density at radius 3 is 2.36 bits per heavy atom. The fraction of sp³-hybridized carbons (Fsp3) is 0.857. The Morgan fingerprint density at radius 2 is 1.91 bits per heavy atom. The monoisotopic (exact) mass is 156 g/mol. The Kier molecular flexibility index (Phi) is 2.83. The second kappa shape index (κ2) is 3.67. The smallest absolute Gasteiger partial charge is 0.0938 e. The van der Waals surface area contributed by atoms with Crippen LogP contribution in [0.2, 0.25) is 0 Å². The summed E-state index contributed by atoms with van der Waals surface area (Å²) in [6.07, 6.45) is -0.804. The molecule has 0 aliphatic carbocycles. The molecule has 1 aliphatic rings. The molecule has 4 heteroatoms. The lowest BCUT2D eigenvalue weighted by atomic mass is 10.3. The van der Waals surface area contributed by atoms with Gasteiger partial charge in [-0.1, -0.05) is 0 Å². The second-order valence-electron chi connectivity index (χ2n) is 2.80. The van der Waals surface area contributed by atoms with Crippen LogP contribution in [0.25, 0.3) is 0 Å². The summed E-state index contributed by atoms with van der Waals surface area (Å²) in [6.45, 7) is 1.62. The van der Waals surface area contributed by atoms with Gasteiger partial charge in [0.2, 0.25) is 0 Å². The van der Waals surface area contributed by atoms with Crippen LogP contribution in [0.5, 0.6) is 0 Å². The molecule has 0 spiro atoms. The first-order valence-electron chi connectivity index (χ1n) is 3.69. The van der Waals surface area contributed by atoms with Crippen molar-refractivity contribution in [1.29, 1.82) is 5.26 Å². The minimum Gasteiger partial charge on any atom is -0.389 e. The van der Waals surface area contributed by atoms with Gasteiger partial charge < -0.3 is 10.2 Å². The standard InChI is InChI=1S/C7H12N2O2/c8-2-1-3-9-4-6(10)7(11)5-9/h6-7,10-11H,1,3-5H2/t6-,7+. The fourth-order valence-electron chi connectivity index (χ4n) is 1.24. The van der Waals surface area contributed by atoms with Crippen LogP contribution in [0, 0.1) is 11.3 Å². The maximum absolute atomic E-state index is 9.09. The van der Waals surface area contributed by atoms with Gasteiger partial charge in [-0.2, -0.15) is 5.26 Å². The minimum absolute atomic E-state index is 0.458. The van der Waals surface area contributed by atoms with E-state index in [1.165, 1.54) is 0 Å². The number of aliphatic hydroxyl groups is 2. The largest absolute Gasteiger partial charge is 0.389 e. The summed E-state index contributed by atoms with van der Waals surface area (Å²) in [5.41, 5.74) is 0. The third-order valence-corrected chi connectivity index (χ3v) is 1.87. The maximum Gasteiger partial charge on any atom is 0.0938 e. The molecule has 0 aromatic carbocycles. The van der Waals surface area contributed by atoms with Crippen LogP contribution in [0.1, 0.15) is 6.42 Å². The zero-order valence-electron chi connectivity index (χ0n) is 6.27. The highest BCUT2D eigenvalue weighted by Crippen LogP contribution is 2.09. The normalized spacial score (nSPS) is 32.1. The van der Waals surface area contributed by atoms with Crippen molar-refractivity contribution in [3.05, 3.63) is 0 Å². The number of hydrogen-bond donors (Lipinski definition) is 2. The first kappa shape index (κ1) is 8.47. The van der Waals surface area contributed by atoms with E-state index in [1.54, 1.807) is 0 Å². The maximum atomic E-state index is 9.09. The molecule has 0 bridgehead atoms. The van der Waals surface area contributed by atoms with Crippen molar-refractivity contribution in [3.8, 4) is 6.07 Å². The van der Waals surface area contributed by atoms with Gasteiger partial charge in [0, 0.05) is 26.1 Å². The van der Waals surface area contributed by atoms with E-state index in [-0.39, 0.29) is 0 Å². The molecule has 0 aromatic rings. The summed E-state index contributed by atoms with van der Waals surface area (Å²) in [5, 5.41) is 26.4. The molecule has 0 unspecified atom stereocenters. The summed E-state index contributed by atoms with van der Waals surface area (Å²) >= 11 is 0. The summed E-state index contributed by atoms with van der Waals surface area (Å²) in [7, 11) is 0. The Morgan fingerprint density at radius 1 is 1.36 bits per heavy atom. The third kappa shape index (κ3) is 2.15. The van der Waals surface area contributed by atoms with Crippen molar-refractivity contribution in [2.45, 2.75) is 18.6 Å². The van der Waals surface area contributed by atoms with E-state index in [0.29, 0.717) is 26.1 Å². The van der Waals surface area contributed by atoms with E-state index in [4.69, 9.17) is 15.5 Å². The van der Waals surface area contributed by atoms with Gasteiger partial charge in [0.1, 0.15) is 0 Å². The van der Waals surface area contributed by atoms with Gasteiger partial charge in [-0.15, -0.1) is 0 Å². The topological polar surface area (TPSA) is 67.5 Å². The lowest BCUT2D eigenvalue weighted by Crippen LogP contribution is -2.22. The highest BCUT2D eigenvalue weighted by molar-refractivity contribution is 4.84. The van der Waals surface area contributed by atoms with Crippen molar-refractivity contribution >= 4 is 0 Å². The SMILES string of the molecule is N#CCCN1C[C@@H](O)[C@@H](O)C1. The van der Waals surface area contributed by atoms with E-state index in [0.717, 1.165) is 0 Å². The average Bonchev–Trinajstić information content (AvgIpc) is 2.28. The van der Waals surface area contributed by atoms with E-state index >= 15 is 0 Å². The van der Waals surface area contributed by atoms with Crippen molar-refractivity contribution in [2.75, 3.05) is 19.6 Å². The van der Waals surface area contributed by atoms with E-state index in [2.05, 4.69) is 0 Å². The van der Waals surface area contributed by atoms with Gasteiger partial charge in [-0.3, -0.25) is 4.90 Å². The molecule has 1 fully saturated rings. The summed E-state index contributed by atoms with van der Waals surface area (Å²) in [4.78, 5) is 1.89. The number of β-amino-alcohol motifs (C(OH)–C–C–N with tert-alkyl or cyclic N) is 2. The highest BCUT2D eigenvalue weighted by Gasteiger charge is 2.28. The van der Waals surface area contributed by atoms with Gasteiger partial charge in [0.15, 0.2) is 0 Å². The molecule has 62 valence electrons. The molecule has 0 saturated carbocycles. The molecule has 2 N–H and O–H groups in total. The Hall–Kier alpha value is -0.630. The van der Waals surface area contributed by atoms with Gasteiger partial charge in [0.05, 0.1) is 18.3 Å². The molecule has 1 aliphatic heterocycles. The van der Waals surface area contributed by atoms with Crippen molar-refractivity contribution in [2.24, 2.45) is 0 Å². The molecule has 1 heterocycles. The fourth-order valence-corrected chi connectivity index (χ4v) is 1.24. The van der Waals surface area contributed by atoms with Crippen LogP contribution in [0.3, 0.4) is 0 Å². The number of likely N-dealkylation sites (tertiary alicyclic amines) is 1. The number of aliphatic hydroxyl groups excluding tert-OH is 2. The molecule has 2 atom stereocenters. The minimum atomic E-state index is -0.631. The van der Waals surface area contributed by atoms with E-state index in [9.17, 15) is 0 Å². The van der Waals surface area contributed by atoms with Crippen LogP contribution in [0.4, 0.5) is 0 Å². The number of nitriles is 1. The van der Waals surface area contributed by atoms with Crippen LogP contribution in [-0.2, 0) is 0 Å². The number of rotatable bonds is 2. The molecule has 4 nitrogen and oxygen atoms in total. The van der Waals surface area contributed by atoms with E-state index < -0.39 is 12.2 Å². The second-order valence-corrected chi connectivity index (χ2v) is 2.80. The Labute approximate surface area is 65.7 Å². The van der Waals surface area contributed by atoms with Gasteiger partial charge in [0.25, 0.3) is 0 Å². The molecule has 0 aromatic heterocycles. The van der Waals surface area contributed by atoms with Crippen molar-refractivity contribution < 1.29 is 10.2 Å². The number of hydrogen-bond acceptors (Lipinski definition) is 4. The lowest BCUT2D eigenvalue weighted by Gasteiger charge is -2.10. The van der Waals surface area contributed by atoms with Crippen LogP contribution < -0.4 is 0 Å². The Bertz CT molecular complexity index is 156. The summed E-state index contributed by atoms with van der Waals surface area (Å²) in [5.74, 6) is 0. The zero-order valence-corrected chi connectivity index (χ0v) is 6.27. The van der Waals surface area contributed by atoms with Gasteiger partial charge in [-0.05, 0) is 0 Å². The summed E-state index contributed by atoms with van der Waals surface area (Å²) in [6, 6.07) is 2.02. The predicted octanol–water partition coefficient (Wildman–Crippen LogP) is -1.06. The van der Waals surface area contributed by atoms with Crippen LogP contribution >= 0.6 is 0 Å². The summed E-state index contributed by atoms with van der Waals surface area (Å²) < 4.78 is 0. The highest BCUT2D eigenvalue weighted by atomic mass is 16.3. The first-order chi connectivity index (χ1) is 5.24. The molecule has 1 rings (SSSR count). The molecule has 0 amide bonds. The van der Waals surface area contributed by atoms with Gasteiger partial charge >= 0.3 is 0 Å². The van der Waals surface area contributed by atoms with Crippen LogP contribution in [-0.4, -0.2) is 47.0 Å². The predicted molar refractivity (Wildman–Crippen MR) is 38.7 cm³/mol. The molecule has 1 saturated heterocycles. The van der Waals surface area contributed by atoms with E-state index in [1.807, 2.05) is 11.0 Å². The molecular formula is C7H12N2O2. The van der Waals surface area contributed by atoms with Crippen LogP contribution in [0.15, 0.2) is 0 Å². The third-order valence-electron chi connectivity index (χ3n) is 1.87. The number of nitrogens with zero attached hydrogens (tertiary/aromatic N) is 2. The lowest BCUT2D eigenvalue weighted by molar-refractivity contribution is 0.0572.